The summed E-state index contributed by atoms with van der Waals surface area (Å²) in [5.41, 5.74) is 1.40. The molecule has 3 heteroatoms. The molecule has 1 aliphatic rings. The largest absolute Gasteiger partial charge is 0.374 e. The van der Waals surface area contributed by atoms with Gasteiger partial charge in [-0.05, 0) is 25.3 Å². The van der Waals surface area contributed by atoms with Gasteiger partial charge in [0, 0.05) is 12.3 Å². The third-order valence-corrected chi connectivity index (χ3v) is 6.85. The van der Waals surface area contributed by atoms with Crippen LogP contribution in [0.4, 0.5) is 0 Å². The molecular formula is C20H32O2Si. The lowest BCUT2D eigenvalue weighted by atomic mass is 9.84. The van der Waals surface area contributed by atoms with E-state index < -0.39 is 8.07 Å². The van der Waals surface area contributed by atoms with Gasteiger partial charge in [0.05, 0.1) is 19.9 Å². The molecule has 2 nitrogen and oxygen atoms in total. The minimum absolute atomic E-state index is 0.00126. The maximum Gasteiger partial charge on any atom is 0.138 e. The number of carbonyl (C=O) groups is 1. The molecule has 2 rings (SSSR count). The molecule has 1 aliphatic carbocycles. The molecule has 0 bridgehead atoms. The molecule has 0 aliphatic heterocycles. The summed E-state index contributed by atoms with van der Waals surface area (Å²) in [7, 11) is -1.51. The van der Waals surface area contributed by atoms with E-state index in [-0.39, 0.29) is 17.7 Å². The summed E-state index contributed by atoms with van der Waals surface area (Å²) >= 11 is 0. The second kappa shape index (κ2) is 8.25. The highest BCUT2D eigenvalue weighted by Crippen LogP contribution is 2.31. The lowest BCUT2D eigenvalue weighted by molar-refractivity contribution is -0.126. The van der Waals surface area contributed by atoms with Crippen LogP contribution in [0.15, 0.2) is 30.3 Å². The molecule has 1 fully saturated rings. The smallest absolute Gasteiger partial charge is 0.138 e. The number of benzene rings is 1. The average Bonchev–Trinajstić information content (AvgIpc) is 2.53. The first-order chi connectivity index (χ1) is 10.9. The first-order valence-corrected chi connectivity index (χ1v) is 12.7. The van der Waals surface area contributed by atoms with Crippen LogP contribution in [0.3, 0.4) is 0 Å². The van der Waals surface area contributed by atoms with Crippen molar-refractivity contribution in [1.82, 2.24) is 0 Å². The van der Waals surface area contributed by atoms with Crippen molar-refractivity contribution in [2.45, 2.75) is 76.9 Å². The maximum atomic E-state index is 12.5. The normalized spacial score (nSPS) is 19.3. The van der Waals surface area contributed by atoms with Gasteiger partial charge in [-0.2, -0.15) is 0 Å². The minimum atomic E-state index is -1.51. The van der Waals surface area contributed by atoms with E-state index in [1.807, 2.05) is 6.07 Å². The first-order valence-electron chi connectivity index (χ1n) is 9.11. The van der Waals surface area contributed by atoms with Gasteiger partial charge in [-0.15, -0.1) is 0 Å². The summed E-state index contributed by atoms with van der Waals surface area (Å²) in [4.78, 5) is 12.5. The van der Waals surface area contributed by atoms with E-state index in [0.717, 1.165) is 12.8 Å². The summed E-state index contributed by atoms with van der Waals surface area (Å²) < 4.78 is 6.40. The quantitative estimate of drug-likeness (QED) is 0.612. The van der Waals surface area contributed by atoms with Crippen LogP contribution in [0.1, 0.15) is 56.7 Å². The zero-order valence-corrected chi connectivity index (χ0v) is 16.2. The summed E-state index contributed by atoms with van der Waals surface area (Å²) in [6, 6.07) is 10.5. The van der Waals surface area contributed by atoms with Gasteiger partial charge in [-0.25, -0.2) is 0 Å². The van der Waals surface area contributed by atoms with Crippen LogP contribution >= 0.6 is 0 Å². The minimum Gasteiger partial charge on any atom is -0.374 e. The van der Waals surface area contributed by atoms with E-state index in [0.29, 0.717) is 12.2 Å². The number of Topliss-reactive ketones (excluding diaryl/α,β-unsaturated/α-hetero) is 1. The average molecular weight is 333 g/mol. The number of carbonyl (C=O) groups excluding carboxylic acids is 1. The number of hydrogen-bond donors (Lipinski definition) is 0. The highest BCUT2D eigenvalue weighted by atomic mass is 28.3. The fraction of sp³-hybridized carbons (Fsp3) is 0.650. The van der Waals surface area contributed by atoms with Gasteiger partial charge in [0.15, 0.2) is 0 Å². The van der Waals surface area contributed by atoms with Crippen LogP contribution in [-0.2, 0) is 9.53 Å². The lowest BCUT2D eigenvalue weighted by Gasteiger charge is -2.32. The summed E-state index contributed by atoms with van der Waals surface area (Å²) in [5.74, 6) is 0.705. The fourth-order valence-electron chi connectivity index (χ4n) is 3.57. The molecular weight excluding hydrogens is 300 g/mol. The molecule has 0 saturated heterocycles. The van der Waals surface area contributed by atoms with Crippen molar-refractivity contribution in [1.29, 1.82) is 0 Å². The monoisotopic (exact) mass is 332 g/mol. The summed E-state index contributed by atoms with van der Waals surface area (Å²) in [6.45, 7) is 9.07. The number of ether oxygens (including phenoxy) is 1. The van der Waals surface area contributed by atoms with Crippen LogP contribution in [-0.4, -0.2) is 20.0 Å². The van der Waals surface area contributed by atoms with Crippen LogP contribution in [0.5, 0.6) is 0 Å². The predicted molar refractivity (Wildman–Crippen MR) is 99.3 cm³/mol. The first kappa shape index (κ1) is 18.4. The van der Waals surface area contributed by atoms with Gasteiger partial charge in [0.2, 0.25) is 0 Å². The van der Waals surface area contributed by atoms with Crippen LogP contribution in [0.25, 0.3) is 0 Å². The third-order valence-electron chi connectivity index (χ3n) is 4.81. The molecule has 23 heavy (non-hydrogen) atoms. The standard InChI is InChI=1S/C20H32O2Si/c1-16(15-19(21)17-11-7-5-8-12-17)22-20(23(2,3)4)18-13-9-6-10-14-18/h6,9-10,13-14,16-17,20H,5,7-8,11-12,15H2,1-4H3/t16-,20+/m1/s1. The molecule has 0 heterocycles. The van der Waals surface area contributed by atoms with Gasteiger partial charge in [-0.3, -0.25) is 4.79 Å². The van der Waals surface area contributed by atoms with E-state index in [4.69, 9.17) is 4.74 Å². The van der Waals surface area contributed by atoms with Gasteiger partial charge in [0.25, 0.3) is 0 Å². The molecule has 1 saturated carbocycles. The third kappa shape index (κ3) is 5.57. The van der Waals surface area contributed by atoms with Crippen LogP contribution in [0, 0.1) is 5.92 Å². The Morgan fingerprint density at radius 3 is 2.30 bits per heavy atom. The van der Waals surface area contributed by atoms with Crippen LogP contribution in [0.2, 0.25) is 19.6 Å². The highest BCUT2D eigenvalue weighted by Gasteiger charge is 2.31. The highest BCUT2D eigenvalue weighted by molar-refractivity contribution is 6.77. The fourth-order valence-corrected chi connectivity index (χ4v) is 5.40. The number of rotatable bonds is 7. The molecule has 2 atom stereocenters. The Kier molecular flexibility index (Phi) is 6.60. The molecule has 1 aromatic rings. The number of ketones is 1. The van der Waals surface area contributed by atoms with Gasteiger partial charge in [-0.1, -0.05) is 69.2 Å². The molecule has 128 valence electrons. The maximum absolute atomic E-state index is 12.5. The molecule has 1 aromatic carbocycles. The molecule has 0 unspecified atom stereocenters. The molecule has 0 aromatic heterocycles. The second-order valence-corrected chi connectivity index (χ2v) is 13.4. The Balaban J connectivity index is 1.97. The topological polar surface area (TPSA) is 26.3 Å². The van der Waals surface area contributed by atoms with Gasteiger partial charge < -0.3 is 4.74 Å². The van der Waals surface area contributed by atoms with E-state index >= 15 is 0 Å². The number of hydrogen-bond acceptors (Lipinski definition) is 2. The Hall–Kier alpha value is -0.933. The Bertz CT molecular complexity index is 486. The van der Waals surface area contributed by atoms with Crippen molar-refractivity contribution < 1.29 is 9.53 Å². The molecule has 0 radical (unpaired) electrons. The summed E-state index contributed by atoms with van der Waals surface area (Å²) in [6.07, 6.45) is 6.46. The van der Waals surface area contributed by atoms with Crippen molar-refractivity contribution in [2.75, 3.05) is 0 Å². The van der Waals surface area contributed by atoms with E-state index in [1.165, 1.54) is 24.8 Å². The van der Waals surface area contributed by atoms with Crippen LogP contribution < -0.4 is 0 Å². The van der Waals surface area contributed by atoms with Crippen molar-refractivity contribution in [3.05, 3.63) is 35.9 Å². The summed E-state index contributed by atoms with van der Waals surface area (Å²) in [5, 5.41) is 0. The zero-order valence-electron chi connectivity index (χ0n) is 15.2. The van der Waals surface area contributed by atoms with Crippen molar-refractivity contribution in [2.24, 2.45) is 5.92 Å². The van der Waals surface area contributed by atoms with Crippen molar-refractivity contribution in [3.8, 4) is 0 Å². The van der Waals surface area contributed by atoms with E-state index in [9.17, 15) is 4.79 Å². The Labute approximate surface area is 142 Å². The molecule has 0 N–H and O–H groups in total. The molecule has 0 amide bonds. The van der Waals surface area contributed by atoms with Gasteiger partial charge >= 0.3 is 0 Å². The second-order valence-electron chi connectivity index (χ2n) is 8.11. The predicted octanol–water partition coefficient (Wildman–Crippen LogP) is 5.55. The van der Waals surface area contributed by atoms with Gasteiger partial charge in [0.1, 0.15) is 5.78 Å². The van der Waals surface area contributed by atoms with E-state index in [2.05, 4.69) is 50.8 Å². The zero-order chi connectivity index (χ0) is 16.9. The Morgan fingerprint density at radius 1 is 1.13 bits per heavy atom. The van der Waals surface area contributed by atoms with E-state index in [1.54, 1.807) is 0 Å². The van der Waals surface area contributed by atoms with Crippen molar-refractivity contribution in [3.63, 3.8) is 0 Å². The molecule has 0 spiro atoms. The van der Waals surface area contributed by atoms with Crippen molar-refractivity contribution >= 4 is 13.9 Å². The Morgan fingerprint density at radius 2 is 1.74 bits per heavy atom. The lowest BCUT2D eigenvalue weighted by Crippen LogP contribution is -2.36. The SMILES string of the molecule is C[C@H](CC(=O)C1CCCCC1)O[C@H](c1ccccc1)[Si](C)(C)C.